The molecule has 128 valence electrons. The third-order valence-electron chi connectivity index (χ3n) is 5.51. The lowest BCUT2D eigenvalue weighted by Gasteiger charge is -2.45. The maximum Gasteiger partial charge on any atom is 0.391 e. The molecule has 2 nitrogen and oxygen atoms in total. The van der Waals surface area contributed by atoms with Gasteiger partial charge in [-0.1, -0.05) is 19.9 Å². The van der Waals surface area contributed by atoms with Crippen molar-refractivity contribution in [2.24, 2.45) is 5.92 Å². The summed E-state index contributed by atoms with van der Waals surface area (Å²) in [6.07, 6.45) is -2.24. The normalized spacial score (nSPS) is 28.4. The van der Waals surface area contributed by atoms with Gasteiger partial charge in [-0.25, -0.2) is 0 Å². The molecule has 2 aliphatic rings. The Hall–Kier alpha value is -1.23. The number of rotatable bonds is 1. The van der Waals surface area contributed by atoms with Crippen LogP contribution in [0.25, 0.3) is 0 Å². The SMILES string of the molecule is CC1(C)CN(C2CCC(C(F)(F)F)CC2)Cc2cc(N)ccc21. The predicted molar refractivity (Wildman–Crippen MR) is 86.1 cm³/mol. The number of anilines is 1. The van der Waals surface area contributed by atoms with Crippen LogP contribution in [0, 0.1) is 5.92 Å². The van der Waals surface area contributed by atoms with E-state index in [0.29, 0.717) is 12.8 Å². The number of nitrogens with two attached hydrogens (primary N) is 1. The summed E-state index contributed by atoms with van der Waals surface area (Å²) in [6, 6.07) is 6.31. The van der Waals surface area contributed by atoms with Gasteiger partial charge in [-0.05, 0) is 48.9 Å². The molecule has 1 heterocycles. The van der Waals surface area contributed by atoms with Gasteiger partial charge in [0.2, 0.25) is 0 Å². The summed E-state index contributed by atoms with van der Waals surface area (Å²) in [5.74, 6) is -1.11. The molecule has 0 bridgehead atoms. The Bertz CT molecular complexity index is 572. The van der Waals surface area contributed by atoms with Crippen LogP contribution in [0.1, 0.15) is 50.7 Å². The van der Waals surface area contributed by atoms with Gasteiger partial charge in [0.15, 0.2) is 0 Å². The lowest BCUT2D eigenvalue weighted by atomic mass is 9.76. The van der Waals surface area contributed by atoms with Crippen LogP contribution in [-0.4, -0.2) is 23.7 Å². The first-order valence-corrected chi connectivity index (χ1v) is 8.36. The van der Waals surface area contributed by atoms with Gasteiger partial charge < -0.3 is 5.73 Å². The van der Waals surface area contributed by atoms with E-state index in [9.17, 15) is 13.2 Å². The van der Waals surface area contributed by atoms with E-state index in [0.717, 1.165) is 18.8 Å². The van der Waals surface area contributed by atoms with E-state index in [4.69, 9.17) is 5.73 Å². The Labute approximate surface area is 135 Å². The van der Waals surface area contributed by atoms with Crippen LogP contribution in [0.15, 0.2) is 18.2 Å². The third kappa shape index (κ3) is 3.35. The van der Waals surface area contributed by atoms with Gasteiger partial charge in [-0.2, -0.15) is 13.2 Å². The molecular formula is C18H25F3N2. The van der Waals surface area contributed by atoms with Crippen molar-refractivity contribution in [3.05, 3.63) is 29.3 Å². The molecule has 0 spiro atoms. The van der Waals surface area contributed by atoms with E-state index < -0.39 is 12.1 Å². The average Bonchev–Trinajstić information content (AvgIpc) is 2.45. The molecule has 1 aliphatic carbocycles. The zero-order valence-electron chi connectivity index (χ0n) is 13.8. The molecule has 1 aromatic carbocycles. The molecule has 0 aromatic heterocycles. The van der Waals surface area contributed by atoms with Crippen molar-refractivity contribution < 1.29 is 13.2 Å². The Balaban J connectivity index is 1.74. The van der Waals surface area contributed by atoms with Gasteiger partial charge in [-0.15, -0.1) is 0 Å². The first-order valence-electron chi connectivity index (χ1n) is 8.36. The van der Waals surface area contributed by atoms with Crippen LogP contribution in [-0.2, 0) is 12.0 Å². The maximum absolute atomic E-state index is 12.8. The lowest BCUT2D eigenvalue weighted by molar-refractivity contribution is -0.184. The van der Waals surface area contributed by atoms with Crippen LogP contribution in [0.4, 0.5) is 18.9 Å². The van der Waals surface area contributed by atoms with Gasteiger partial charge in [0.1, 0.15) is 0 Å². The number of hydrogen-bond acceptors (Lipinski definition) is 2. The molecule has 1 aromatic rings. The molecule has 23 heavy (non-hydrogen) atoms. The molecule has 0 saturated heterocycles. The smallest absolute Gasteiger partial charge is 0.391 e. The number of nitrogens with zero attached hydrogens (tertiary/aromatic N) is 1. The third-order valence-corrected chi connectivity index (χ3v) is 5.51. The van der Waals surface area contributed by atoms with Gasteiger partial charge in [0.25, 0.3) is 0 Å². The highest BCUT2D eigenvalue weighted by molar-refractivity contribution is 5.48. The van der Waals surface area contributed by atoms with Crippen molar-refractivity contribution in [1.29, 1.82) is 0 Å². The summed E-state index contributed by atoms with van der Waals surface area (Å²) in [4.78, 5) is 2.37. The number of fused-ring (bicyclic) bond motifs is 1. The van der Waals surface area contributed by atoms with Gasteiger partial charge in [0.05, 0.1) is 5.92 Å². The highest BCUT2D eigenvalue weighted by atomic mass is 19.4. The van der Waals surface area contributed by atoms with Crippen LogP contribution < -0.4 is 5.73 Å². The van der Waals surface area contributed by atoms with Crippen molar-refractivity contribution in [2.45, 2.75) is 63.7 Å². The van der Waals surface area contributed by atoms with E-state index in [1.54, 1.807) is 0 Å². The van der Waals surface area contributed by atoms with E-state index >= 15 is 0 Å². The molecule has 3 rings (SSSR count). The zero-order valence-corrected chi connectivity index (χ0v) is 13.8. The number of hydrogen-bond donors (Lipinski definition) is 1. The fourth-order valence-electron chi connectivity index (χ4n) is 4.30. The van der Waals surface area contributed by atoms with Gasteiger partial charge in [-0.3, -0.25) is 4.90 Å². The van der Waals surface area contributed by atoms with Crippen LogP contribution in [0.2, 0.25) is 0 Å². The van der Waals surface area contributed by atoms with Crippen molar-refractivity contribution >= 4 is 5.69 Å². The molecule has 0 amide bonds. The summed E-state index contributed by atoms with van der Waals surface area (Å²) >= 11 is 0. The second kappa shape index (κ2) is 5.69. The van der Waals surface area contributed by atoms with E-state index in [-0.39, 0.29) is 24.3 Å². The van der Waals surface area contributed by atoms with Crippen molar-refractivity contribution in [3.8, 4) is 0 Å². The van der Waals surface area contributed by atoms with Crippen molar-refractivity contribution in [3.63, 3.8) is 0 Å². The largest absolute Gasteiger partial charge is 0.399 e. The summed E-state index contributed by atoms with van der Waals surface area (Å²) in [5, 5.41) is 0. The highest BCUT2D eigenvalue weighted by Gasteiger charge is 2.43. The Morgan fingerprint density at radius 3 is 2.39 bits per heavy atom. The summed E-state index contributed by atoms with van der Waals surface area (Å²) in [7, 11) is 0. The van der Waals surface area contributed by atoms with Gasteiger partial charge >= 0.3 is 6.18 Å². The second-order valence-corrected chi connectivity index (χ2v) is 7.75. The molecule has 1 fully saturated rings. The molecule has 0 atom stereocenters. The molecule has 2 N–H and O–H groups in total. The number of benzene rings is 1. The van der Waals surface area contributed by atoms with E-state index in [1.165, 1.54) is 11.1 Å². The minimum absolute atomic E-state index is 0.00214. The Morgan fingerprint density at radius 1 is 1.13 bits per heavy atom. The number of alkyl halides is 3. The fraction of sp³-hybridized carbons (Fsp3) is 0.667. The molecule has 0 radical (unpaired) electrons. The molecule has 0 unspecified atom stereocenters. The van der Waals surface area contributed by atoms with Crippen LogP contribution >= 0.6 is 0 Å². The maximum atomic E-state index is 12.8. The van der Waals surface area contributed by atoms with E-state index in [1.807, 2.05) is 12.1 Å². The quantitative estimate of drug-likeness (QED) is 0.771. The molecule has 5 heteroatoms. The summed E-state index contributed by atoms with van der Waals surface area (Å²) < 4.78 is 38.5. The number of halogens is 3. The Morgan fingerprint density at radius 2 is 1.78 bits per heavy atom. The van der Waals surface area contributed by atoms with Crippen molar-refractivity contribution in [2.75, 3.05) is 12.3 Å². The minimum Gasteiger partial charge on any atom is -0.399 e. The minimum atomic E-state index is -4.03. The van der Waals surface area contributed by atoms with Crippen LogP contribution in [0.3, 0.4) is 0 Å². The highest BCUT2D eigenvalue weighted by Crippen LogP contribution is 2.41. The summed E-state index contributed by atoms with van der Waals surface area (Å²) in [6.45, 7) is 6.10. The van der Waals surface area contributed by atoms with Crippen molar-refractivity contribution in [1.82, 2.24) is 4.90 Å². The molecule has 1 saturated carbocycles. The molecular weight excluding hydrogens is 301 g/mol. The van der Waals surface area contributed by atoms with Gasteiger partial charge in [0, 0.05) is 30.2 Å². The molecule has 1 aliphatic heterocycles. The standard InChI is InChI=1S/C18H25F3N2/c1-17(2)11-23(10-12-9-14(22)5-8-16(12)17)15-6-3-13(4-7-15)18(19,20)21/h5,8-9,13,15H,3-4,6-7,10-11,22H2,1-2H3. The first-order chi connectivity index (χ1) is 10.7. The van der Waals surface area contributed by atoms with Crippen LogP contribution in [0.5, 0.6) is 0 Å². The average molecular weight is 326 g/mol. The predicted octanol–water partition coefficient (Wildman–Crippen LogP) is 4.48. The summed E-state index contributed by atoms with van der Waals surface area (Å²) in [5.41, 5.74) is 9.20. The lowest BCUT2D eigenvalue weighted by Crippen LogP contribution is -2.48. The monoisotopic (exact) mass is 326 g/mol. The topological polar surface area (TPSA) is 29.3 Å². The number of nitrogen functional groups attached to an aromatic ring is 1. The zero-order chi connectivity index (χ0) is 16.8. The second-order valence-electron chi connectivity index (χ2n) is 7.75. The first kappa shape index (κ1) is 16.6. The van der Waals surface area contributed by atoms with E-state index in [2.05, 4.69) is 24.8 Å². The fourth-order valence-corrected chi connectivity index (χ4v) is 4.30. The Kier molecular flexibility index (Phi) is 4.11.